The summed E-state index contributed by atoms with van der Waals surface area (Å²) in [7, 11) is 1.37. The topological polar surface area (TPSA) is 70.3 Å². The van der Waals surface area contributed by atoms with Gasteiger partial charge in [0.05, 0.1) is 25.2 Å². The van der Waals surface area contributed by atoms with Crippen LogP contribution in [0.15, 0.2) is 11.6 Å². The van der Waals surface area contributed by atoms with Crippen LogP contribution in [0.4, 0.5) is 0 Å². The highest BCUT2D eigenvalue weighted by Crippen LogP contribution is 2.23. The third kappa shape index (κ3) is 6.41. The molecule has 1 rings (SSSR count). The molecule has 0 heterocycles. The molecule has 0 aliphatic heterocycles. The van der Waals surface area contributed by atoms with Crippen LogP contribution >= 0.6 is 0 Å². The molecule has 1 N–H and O–H groups in total. The molecule has 0 aromatic rings. The highest BCUT2D eigenvalue weighted by Gasteiger charge is 2.18. The van der Waals surface area contributed by atoms with Crippen molar-refractivity contribution in [3.63, 3.8) is 0 Å². The number of aliphatic hydroxyl groups is 1. The Morgan fingerprint density at radius 2 is 2.22 bits per heavy atom. The van der Waals surface area contributed by atoms with Crippen molar-refractivity contribution >= 4 is 5.97 Å². The molecule has 0 spiro atoms. The number of aliphatic hydroxyl groups excluding tert-OH is 1. The molecule has 0 bridgehead atoms. The minimum Gasteiger partial charge on any atom is -0.466 e. The average Bonchev–Trinajstić information content (AvgIpc) is 2.46. The first-order chi connectivity index (χ1) is 8.58. The zero-order valence-electron chi connectivity index (χ0n) is 11.5. The van der Waals surface area contributed by atoms with Crippen LogP contribution in [0.3, 0.4) is 0 Å². The molecule has 4 nitrogen and oxygen atoms in total. The fraction of sp³-hybridized carbons (Fsp3) is 0.714. The normalized spacial score (nSPS) is 18.2. The Kier molecular flexibility index (Phi) is 8.95. The molecule has 0 aromatic heterocycles. The quantitative estimate of drug-likeness (QED) is 0.785. The van der Waals surface area contributed by atoms with Gasteiger partial charge in [-0.2, -0.15) is 5.26 Å². The van der Waals surface area contributed by atoms with E-state index in [1.54, 1.807) is 0 Å². The molecule has 0 amide bonds. The zero-order chi connectivity index (χ0) is 14.0. The predicted molar refractivity (Wildman–Crippen MR) is 69.6 cm³/mol. The highest BCUT2D eigenvalue weighted by molar-refractivity contribution is 5.88. The molecule has 0 radical (unpaired) electrons. The summed E-state index contributed by atoms with van der Waals surface area (Å²) in [6, 6.07) is 2.18. The van der Waals surface area contributed by atoms with Gasteiger partial charge in [0, 0.05) is 5.57 Å². The summed E-state index contributed by atoms with van der Waals surface area (Å²) in [5.74, 6) is -0.176. The van der Waals surface area contributed by atoms with Crippen LogP contribution in [-0.2, 0) is 9.53 Å². The number of rotatable bonds is 3. The van der Waals surface area contributed by atoms with Gasteiger partial charge in [-0.3, -0.25) is 0 Å². The third-order valence-electron chi connectivity index (χ3n) is 2.98. The molecule has 102 valence electrons. The maximum absolute atomic E-state index is 11.0. The van der Waals surface area contributed by atoms with E-state index in [4.69, 9.17) is 10.4 Å². The number of carbonyl (C=O) groups is 1. The Morgan fingerprint density at radius 1 is 1.61 bits per heavy atom. The number of hydrogen-bond donors (Lipinski definition) is 1. The van der Waals surface area contributed by atoms with Crippen LogP contribution in [0, 0.1) is 17.2 Å². The van der Waals surface area contributed by atoms with Crippen LogP contribution in [0.1, 0.15) is 46.0 Å². The molecule has 1 aliphatic rings. The number of hydrogen-bond acceptors (Lipinski definition) is 4. The van der Waals surface area contributed by atoms with Gasteiger partial charge in [-0.1, -0.05) is 19.9 Å². The van der Waals surface area contributed by atoms with E-state index in [2.05, 4.69) is 10.8 Å². The average molecular weight is 253 g/mol. The Balaban J connectivity index is 0.000000411. The second-order valence-electron chi connectivity index (χ2n) is 4.29. The number of carbonyl (C=O) groups excluding carboxylic acids is 1. The van der Waals surface area contributed by atoms with Crippen molar-refractivity contribution in [1.29, 1.82) is 5.26 Å². The maximum atomic E-state index is 11.0. The lowest BCUT2D eigenvalue weighted by atomic mass is 9.91. The fourth-order valence-electron chi connectivity index (χ4n) is 1.56. The van der Waals surface area contributed by atoms with Gasteiger partial charge in [0.25, 0.3) is 0 Å². The standard InChI is InChI=1S/C9H11NO2.C5H12O/c1-12-9(11)8-4-2-7(6-10)3-5-8;1-3-5(6)4-2/h4,7H,2-3,5H2,1H3;5-6H,3-4H2,1-2H3/t7-;/m0./s1. The largest absolute Gasteiger partial charge is 0.466 e. The van der Waals surface area contributed by atoms with Gasteiger partial charge in [-0.05, 0) is 32.1 Å². The lowest BCUT2D eigenvalue weighted by molar-refractivity contribution is -0.136. The van der Waals surface area contributed by atoms with Gasteiger partial charge in [0.1, 0.15) is 0 Å². The molecule has 0 saturated heterocycles. The molecule has 0 aromatic carbocycles. The summed E-state index contributed by atoms with van der Waals surface area (Å²) in [5.41, 5.74) is 0.712. The number of nitriles is 1. The van der Waals surface area contributed by atoms with Crippen molar-refractivity contribution in [2.75, 3.05) is 7.11 Å². The highest BCUT2D eigenvalue weighted by atomic mass is 16.5. The third-order valence-corrected chi connectivity index (χ3v) is 2.98. The number of allylic oxidation sites excluding steroid dienone is 1. The Bertz CT molecular complexity index is 313. The van der Waals surface area contributed by atoms with Crippen LogP contribution < -0.4 is 0 Å². The molecule has 18 heavy (non-hydrogen) atoms. The molecule has 1 atom stereocenters. The van der Waals surface area contributed by atoms with E-state index in [1.807, 2.05) is 19.9 Å². The lowest BCUT2D eigenvalue weighted by Gasteiger charge is -2.14. The molecular formula is C14H23NO3. The molecule has 0 unspecified atom stereocenters. The van der Waals surface area contributed by atoms with Crippen molar-refractivity contribution < 1.29 is 14.6 Å². The van der Waals surface area contributed by atoms with Gasteiger partial charge in [-0.25, -0.2) is 4.79 Å². The number of esters is 1. The molecule has 1 aliphatic carbocycles. The van der Waals surface area contributed by atoms with Crippen LogP contribution in [0.25, 0.3) is 0 Å². The summed E-state index contributed by atoms with van der Waals surface area (Å²) >= 11 is 0. The monoisotopic (exact) mass is 253 g/mol. The minimum atomic E-state index is -0.258. The first kappa shape index (κ1) is 16.7. The second kappa shape index (κ2) is 9.67. The van der Waals surface area contributed by atoms with E-state index in [0.717, 1.165) is 19.3 Å². The van der Waals surface area contributed by atoms with Crippen LogP contribution in [-0.4, -0.2) is 24.3 Å². The van der Waals surface area contributed by atoms with E-state index in [0.29, 0.717) is 18.4 Å². The van der Waals surface area contributed by atoms with E-state index in [1.165, 1.54) is 7.11 Å². The summed E-state index contributed by atoms with van der Waals surface area (Å²) in [4.78, 5) is 11.0. The van der Waals surface area contributed by atoms with Crippen molar-refractivity contribution in [2.24, 2.45) is 5.92 Å². The molecule has 0 fully saturated rings. The van der Waals surface area contributed by atoms with E-state index < -0.39 is 0 Å². The Labute approximate surface area is 109 Å². The van der Waals surface area contributed by atoms with E-state index in [-0.39, 0.29) is 18.0 Å². The van der Waals surface area contributed by atoms with Crippen molar-refractivity contribution in [3.8, 4) is 6.07 Å². The SMILES string of the molecule is CCC(O)CC.COC(=O)C1=CC[C@H](C#N)CC1. The lowest BCUT2D eigenvalue weighted by Crippen LogP contribution is -2.11. The van der Waals surface area contributed by atoms with Gasteiger partial charge >= 0.3 is 5.97 Å². The number of nitrogens with zero attached hydrogens (tertiary/aromatic N) is 1. The van der Waals surface area contributed by atoms with Crippen LogP contribution in [0.5, 0.6) is 0 Å². The van der Waals surface area contributed by atoms with Crippen molar-refractivity contribution in [3.05, 3.63) is 11.6 Å². The summed E-state index contributed by atoms with van der Waals surface area (Å²) in [6.45, 7) is 3.96. The predicted octanol–water partition coefficient (Wildman–Crippen LogP) is 2.58. The van der Waals surface area contributed by atoms with E-state index in [9.17, 15) is 4.79 Å². The van der Waals surface area contributed by atoms with Gasteiger partial charge in [0.15, 0.2) is 0 Å². The minimum absolute atomic E-state index is 0.0648. The summed E-state index contributed by atoms with van der Waals surface area (Å²) in [6.07, 6.45) is 5.64. The summed E-state index contributed by atoms with van der Waals surface area (Å²) in [5, 5.41) is 17.2. The van der Waals surface area contributed by atoms with Crippen LogP contribution in [0.2, 0.25) is 0 Å². The van der Waals surface area contributed by atoms with Crippen molar-refractivity contribution in [2.45, 2.75) is 52.1 Å². The number of methoxy groups -OCH3 is 1. The second-order valence-corrected chi connectivity index (χ2v) is 4.29. The fourth-order valence-corrected chi connectivity index (χ4v) is 1.56. The summed E-state index contributed by atoms with van der Waals surface area (Å²) < 4.78 is 4.57. The number of ether oxygens (including phenoxy) is 1. The molecule has 0 saturated carbocycles. The molecular weight excluding hydrogens is 230 g/mol. The van der Waals surface area contributed by atoms with Gasteiger partial charge < -0.3 is 9.84 Å². The van der Waals surface area contributed by atoms with Crippen molar-refractivity contribution in [1.82, 2.24) is 0 Å². The molecule has 4 heteroatoms. The maximum Gasteiger partial charge on any atom is 0.333 e. The Hall–Kier alpha value is -1.34. The van der Waals surface area contributed by atoms with Gasteiger partial charge in [0.2, 0.25) is 0 Å². The van der Waals surface area contributed by atoms with Gasteiger partial charge in [-0.15, -0.1) is 0 Å². The first-order valence-electron chi connectivity index (χ1n) is 6.43. The van der Waals surface area contributed by atoms with E-state index >= 15 is 0 Å². The Morgan fingerprint density at radius 3 is 2.50 bits per heavy atom. The zero-order valence-corrected chi connectivity index (χ0v) is 11.5. The smallest absolute Gasteiger partial charge is 0.333 e. The first-order valence-corrected chi connectivity index (χ1v) is 6.43.